The van der Waals surface area contributed by atoms with Crippen LogP contribution in [0.1, 0.15) is 47.7 Å². The third kappa shape index (κ3) is 8.46. The first-order valence-electron chi connectivity index (χ1n) is 13.9. The monoisotopic (exact) mass is 535 g/mol. The van der Waals surface area contributed by atoms with Crippen LogP contribution >= 0.6 is 0 Å². The molecule has 4 aromatic rings. The SMILES string of the molecule is CCCCCc1ccc(C(=O)NCCN(C(=O)Nc2cccc(C)c2)c2ccc(Oc3ccccc3)cc2)cc1. The second-order valence-electron chi connectivity index (χ2n) is 9.77. The van der Waals surface area contributed by atoms with Crippen LogP contribution in [0.15, 0.2) is 103 Å². The summed E-state index contributed by atoms with van der Waals surface area (Å²) in [7, 11) is 0. The molecule has 0 spiro atoms. The number of ether oxygens (including phenoxy) is 1. The highest BCUT2D eigenvalue weighted by Gasteiger charge is 2.17. The van der Waals surface area contributed by atoms with Crippen LogP contribution in [0, 0.1) is 6.92 Å². The average molecular weight is 536 g/mol. The number of nitrogens with one attached hydrogen (secondary N) is 2. The highest BCUT2D eigenvalue weighted by atomic mass is 16.5. The van der Waals surface area contributed by atoms with E-state index in [1.54, 1.807) is 4.90 Å². The highest BCUT2D eigenvalue weighted by molar-refractivity contribution is 6.02. The summed E-state index contributed by atoms with van der Waals surface area (Å²) in [5.41, 5.74) is 4.30. The van der Waals surface area contributed by atoms with Gasteiger partial charge in [-0.15, -0.1) is 0 Å². The molecule has 0 fully saturated rings. The quantitative estimate of drug-likeness (QED) is 0.181. The number of carbonyl (C=O) groups is 2. The van der Waals surface area contributed by atoms with Crippen LogP contribution in [0.4, 0.5) is 16.2 Å². The van der Waals surface area contributed by atoms with Crippen molar-refractivity contribution in [2.45, 2.75) is 39.5 Å². The molecule has 6 nitrogen and oxygen atoms in total. The minimum atomic E-state index is -0.284. The summed E-state index contributed by atoms with van der Waals surface area (Å²) in [6, 6.07) is 32.0. The Morgan fingerprint density at radius 2 is 1.52 bits per heavy atom. The van der Waals surface area contributed by atoms with Crippen LogP contribution in [0.25, 0.3) is 0 Å². The van der Waals surface area contributed by atoms with Crippen LogP contribution in [0.2, 0.25) is 0 Å². The van der Waals surface area contributed by atoms with Crippen LogP contribution in [-0.4, -0.2) is 25.0 Å². The van der Waals surface area contributed by atoms with E-state index in [2.05, 4.69) is 17.6 Å². The summed E-state index contributed by atoms with van der Waals surface area (Å²) < 4.78 is 5.90. The Hall–Kier alpha value is -4.58. The molecule has 0 aliphatic heterocycles. The summed E-state index contributed by atoms with van der Waals surface area (Å²) in [6.07, 6.45) is 4.57. The number of hydrogen-bond donors (Lipinski definition) is 2. The lowest BCUT2D eigenvalue weighted by atomic mass is 10.1. The van der Waals surface area contributed by atoms with Crippen molar-refractivity contribution in [2.24, 2.45) is 0 Å². The van der Waals surface area contributed by atoms with Gasteiger partial charge in [0.05, 0.1) is 0 Å². The Kier molecular flexibility index (Phi) is 10.3. The number of unbranched alkanes of at least 4 members (excludes halogenated alkanes) is 2. The summed E-state index contributed by atoms with van der Waals surface area (Å²) in [4.78, 5) is 27.8. The Balaban J connectivity index is 1.41. The van der Waals surface area contributed by atoms with Gasteiger partial charge in [0.25, 0.3) is 5.91 Å². The van der Waals surface area contributed by atoms with Gasteiger partial charge in [-0.25, -0.2) is 4.79 Å². The number of aryl methyl sites for hydroxylation is 2. The maximum absolute atomic E-state index is 13.4. The summed E-state index contributed by atoms with van der Waals surface area (Å²) in [5, 5.41) is 5.93. The second-order valence-corrected chi connectivity index (χ2v) is 9.77. The molecule has 3 amide bonds. The maximum atomic E-state index is 13.4. The number of nitrogens with zero attached hydrogens (tertiary/aromatic N) is 1. The molecule has 4 aromatic carbocycles. The van der Waals surface area contributed by atoms with E-state index in [1.165, 1.54) is 18.4 Å². The van der Waals surface area contributed by atoms with Crippen molar-refractivity contribution < 1.29 is 14.3 Å². The predicted octanol–water partition coefficient (Wildman–Crippen LogP) is 7.99. The number of anilines is 2. The number of carbonyl (C=O) groups excluding carboxylic acids is 2. The van der Waals surface area contributed by atoms with Gasteiger partial charge < -0.3 is 15.4 Å². The molecular formula is C34H37N3O3. The number of amides is 3. The molecule has 0 aliphatic rings. The number of para-hydroxylation sites is 1. The summed E-state index contributed by atoms with van der Waals surface area (Å²) in [5.74, 6) is 1.24. The Bertz CT molecular complexity index is 1370. The van der Waals surface area contributed by atoms with Gasteiger partial charge in [0, 0.05) is 30.0 Å². The van der Waals surface area contributed by atoms with Crippen molar-refractivity contribution in [3.63, 3.8) is 0 Å². The van der Waals surface area contributed by atoms with Gasteiger partial charge in [-0.1, -0.05) is 62.2 Å². The van der Waals surface area contributed by atoms with Crippen molar-refractivity contribution in [3.05, 3.63) is 120 Å². The minimum absolute atomic E-state index is 0.161. The van der Waals surface area contributed by atoms with Crippen molar-refractivity contribution in [3.8, 4) is 11.5 Å². The van der Waals surface area contributed by atoms with E-state index in [0.29, 0.717) is 29.2 Å². The van der Waals surface area contributed by atoms with Gasteiger partial charge in [0.2, 0.25) is 0 Å². The van der Waals surface area contributed by atoms with E-state index in [-0.39, 0.29) is 18.5 Å². The zero-order valence-electron chi connectivity index (χ0n) is 23.2. The van der Waals surface area contributed by atoms with Crippen LogP contribution in [0.3, 0.4) is 0 Å². The molecule has 0 aromatic heterocycles. The van der Waals surface area contributed by atoms with Crippen molar-refractivity contribution in [2.75, 3.05) is 23.3 Å². The minimum Gasteiger partial charge on any atom is -0.457 e. The molecule has 4 rings (SSSR count). The number of urea groups is 1. The lowest BCUT2D eigenvalue weighted by Crippen LogP contribution is -2.41. The smallest absolute Gasteiger partial charge is 0.326 e. The number of hydrogen-bond acceptors (Lipinski definition) is 3. The van der Waals surface area contributed by atoms with Gasteiger partial charge in [0.1, 0.15) is 11.5 Å². The van der Waals surface area contributed by atoms with Crippen LogP contribution in [0.5, 0.6) is 11.5 Å². The predicted molar refractivity (Wildman–Crippen MR) is 163 cm³/mol. The van der Waals surface area contributed by atoms with Crippen molar-refractivity contribution in [1.82, 2.24) is 5.32 Å². The topological polar surface area (TPSA) is 70.7 Å². The maximum Gasteiger partial charge on any atom is 0.326 e. The van der Waals surface area contributed by atoms with Crippen molar-refractivity contribution >= 4 is 23.3 Å². The standard InChI is InChI=1S/C34H37N3O3/c1-3-4-6-11-27-15-17-28(18-16-27)33(38)35-23-24-37(34(39)36-29-12-9-10-26(2)25-29)30-19-21-32(22-20-30)40-31-13-7-5-8-14-31/h5,7-10,12-22,25H,3-4,6,11,23-24H2,1-2H3,(H,35,38)(H,36,39). The largest absolute Gasteiger partial charge is 0.457 e. The molecule has 0 saturated carbocycles. The molecular weight excluding hydrogens is 498 g/mol. The molecule has 0 aliphatic carbocycles. The first-order valence-corrected chi connectivity index (χ1v) is 13.9. The van der Waals surface area contributed by atoms with Crippen LogP contribution < -0.4 is 20.3 Å². The lowest BCUT2D eigenvalue weighted by Gasteiger charge is -2.24. The average Bonchev–Trinajstić information content (AvgIpc) is 2.97. The highest BCUT2D eigenvalue weighted by Crippen LogP contribution is 2.25. The third-order valence-electron chi connectivity index (χ3n) is 6.55. The number of rotatable bonds is 12. The molecule has 0 heterocycles. The molecule has 2 N–H and O–H groups in total. The van der Waals surface area contributed by atoms with Gasteiger partial charge in [-0.05, 0) is 91.6 Å². The van der Waals surface area contributed by atoms with E-state index in [9.17, 15) is 9.59 Å². The van der Waals surface area contributed by atoms with E-state index in [1.807, 2.05) is 110 Å². The van der Waals surface area contributed by atoms with Gasteiger partial charge >= 0.3 is 6.03 Å². The molecule has 6 heteroatoms. The number of benzene rings is 4. The first kappa shape index (κ1) is 28.4. The third-order valence-corrected chi connectivity index (χ3v) is 6.55. The summed E-state index contributed by atoms with van der Waals surface area (Å²) in [6.45, 7) is 4.75. The fourth-order valence-electron chi connectivity index (χ4n) is 4.37. The van der Waals surface area contributed by atoms with E-state index in [4.69, 9.17) is 4.74 Å². The zero-order chi connectivity index (χ0) is 28.2. The molecule has 206 valence electrons. The Labute approximate surface area is 237 Å². The van der Waals surface area contributed by atoms with E-state index < -0.39 is 0 Å². The fraction of sp³-hybridized carbons (Fsp3) is 0.235. The second kappa shape index (κ2) is 14.5. The fourth-order valence-corrected chi connectivity index (χ4v) is 4.37. The zero-order valence-corrected chi connectivity index (χ0v) is 23.2. The summed E-state index contributed by atoms with van der Waals surface area (Å²) >= 11 is 0. The van der Waals surface area contributed by atoms with Gasteiger partial charge in [-0.3, -0.25) is 9.69 Å². The molecule has 0 saturated heterocycles. The molecule has 0 atom stereocenters. The van der Waals surface area contributed by atoms with E-state index in [0.717, 1.165) is 24.2 Å². The molecule has 40 heavy (non-hydrogen) atoms. The Morgan fingerprint density at radius 1 is 0.800 bits per heavy atom. The van der Waals surface area contributed by atoms with Gasteiger partial charge in [-0.2, -0.15) is 0 Å². The Morgan fingerprint density at radius 3 is 2.23 bits per heavy atom. The van der Waals surface area contributed by atoms with Gasteiger partial charge in [0.15, 0.2) is 0 Å². The first-order chi connectivity index (χ1) is 19.5. The molecule has 0 bridgehead atoms. The van der Waals surface area contributed by atoms with Crippen LogP contribution in [-0.2, 0) is 6.42 Å². The molecule has 0 radical (unpaired) electrons. The molecule has 0 unspecified atom stereocenters. The van der Waals surface area contributed by atoms with E-state index >= 15 is 0 Å². The van der Waals surface area contributed by atoms with Crippen molar-refractivity contribution in [1.29, 1.82) is 0 Å². The normalized spacial score (nSPS) is 10.6. The lowest BCUT2D eigenvalue weighted by molar-refractivity contribution is 0.0954.